The molecule has 0 saturated carbocycles. The van der Waals surface area contributed by atoms with E-state index in [2.05, 4.69) is 4.98 Å². The summed E-state index contributed by atoms with van der Waals surface area (Å²) < 4.78 is 1.76. The predicted molar refractivity (Wildman–Crippen MR) is 84.8 cm³/mol. The van der Waals surface area contributed by atoms with Gasteiger partial charge < -0.3 is 5.73 Å². The first-order chi connectivity index (χ1) is 10.6. The Balaban J connectivity index is 2.23. The molecule has 0 saturated heterocycles. The molecule has 112 valence electrons. The summed E-state index contributed by atoms with van der Waals surface area (Å²) in [4.78, 5) is 15.2. The number of aryl methyl sites for hydroxylation is 1. The van der Waals surface area contributed by atoms with Gasteiger partial charge in [0.15, 0.2) is 0 Å². The normalized spacial score (nSPS) is 11.0. The molecule has 6 heteroatoms. The van der Waals surface area contributed by atoms with E-state index < -0.39 is 4.92 Å². The number of rotatable bonds is 4. The van der Waals surface area contributed by atoms with Gasteiger partial charge in [0, 0.05) is 18.1 Å². The second kappa shape index (κ2) is 5.57. The molecule has 2 aromatic heterocycles. The molecule has 0 radical (unpaired) electrons. The number of imidazole rings is 1. The minimum absolute atomic E-state index is 0.0404. The van der Waals surface area contributed by atoms with Crippen molar-refractivity contribution in [1.82, 2.24) is 9.38 Å². The molecule has 0 aliphatic carbocycles. The van der Waals surface area contributed by atoms with E-state index in [9.17, 15) is 10.1 Å². The number of benzene rings is 1. The van der Waals surface area contributed by atoms with Crippen LogP contribution in [0.2, 0.25) is 0 Å². The molecule has 0 bridgehead atoms. The van der Waals surface area contributed by atoms with Crippen LogP contribution in [0.5, 0.6) is 0 Å². The number of nitrogens with zero attached hydrogens (tertiary/aromatic N) is 3. The zero-order valence-corrected chi connectivity index (χ0v) is 12.2. The first-order valence-electron chi connectivity index (χ1n) is 7.02. The summed E-state index contributed by atoms with van der Waals surface area (Å²) in [7, 11) is 0. The Kier molecular flexibility index (Phi) is 3.60. The Labute approximate surface area is 127 Å². The molecule has 0 atom stereocenters. The molecular formula is C16H16N4O2. The maximum atomic E-state index is 11.0. The third-order valence-electron chi connectivity index (χ3n) is 3.62. The first-order valence-corrected chi connectivity index (χ1v) is 7.02. The molecule has 2 heterocycles. The Morgan fingerprint density at radius 3 is 2.59 bits per heavy atom. The van der Waals surface area contributed by atoms with Gasteiger partial charge >= 0.3 is 0 Å². The van der Waals surface area contributed by atoms with E-state index in [0.29, 0.717) is 18.6 Å². The second-order valence-corrected chi connectivity index (χ2v) is 5.18. The molecule has 0 fully saturated rings. The third kappa shape index (κ3) is 2.44. The van der Waals surface area contributed by atoms with E-state index >= 15 is 0 Å². The quantitative estimate of drug-likeness (QED) is 0.592. The highest BCUT2D eigenvalue weighted by Crippen LogP contribution is 2.26. The lowest BCUT2D eigenvalue weighted by molar-refractivity contribution is -0.385. The number of fused-ring (bicyclic) bond motifs is 1. The van der Waals surface area contributed by atoms with Crippen molar-refractivity contribution in [2.45, 2.75) is 13.3 Å². The standard InChI is InChI=1S/C16H16N4O2/c1-11-2-4-12(5-3-11)16-14(8-9-17)19-10-13(20(21)22)6-7-15(19)18-16/h2-7,10H,8-9,17H2,1H3. The van der Waals surface area contributed by atoms with Crippen LogP contribution >= 0.6 is 0 Å². The van der Waals surface area contributed by atoms with Crippen molar-refractivity contribution in [2.24, 2.45) is 5.73 Å². The van der Waals surface area contributed by atoms with Gasteiger partial charge in [-0.3, -0.25) is 14.5 Å². The van der Waals surface area contributed by atoms with Gasteiger partial charge in [-0.2, -0.15) is 0 Å². The number of nitrogens with two attached hydrogens (primary N) is 1. The molecule has 0 spiro atoms. The van der Waals surface area contributed by atoms with Crippen LogP contribution in [0.15, 0.2) is 42.6 Å². The monoisotopic (exact) mass is 296 g/mol. The molecule has 0 aliphatic heterocycles. The van der Waals surface area contributed by atoms with E-state index in [-0.39, 0.29) is 5.69 Å². The number of aromatic nitrogens is 2. The van der Waals surface area contributed by atoms with Gasteiger partial charge in [0.25, 0.3) is 5.69 Å². The van der Waals surface area contributed by atoms with Crippen LogP contribution in [0.4, 0.5) is 5.69 Å². The van der Waals surface area contributed by atoms with Crippen LogP contribution in [0.1, 0.15) is 11.3 Å². The number of hydrogen-bond acceptors (Lipinski definition) is 4. The number of nitro groups is 1. The fourth-order valence-corrected chi connectivity index (χ4v) is 2.51. The summed E-state index contributed by atoms with van der Waals surface area (Å²) in [5.74, 6) is 0. The summed E-state index contributed by atoms with van der Waals surface area (Å²) in [6.45, 7) is 2.48. The van der Waals surface area contributed by atoms with Crippen molar-refractivity contribution >= 4 is 11.3 Å². The molecule has 6 nitrogen and oxygen atoms in total. The highest BCUT2D eigenvalue weighted by Gasteiger charge is 2.16. The van der Waals surface area contributed by atoms with Crippen molar-refractivity contribution in [2.75, 3.05) is 6.54 Å². The third-order valence-corrected chi connectivity index (χ3v) is 3.62. The lowest BCUT2D eigenvalue weighted by Crippen LogP contribution is -2.06. The van der Waals surface area contributed by atoms with Gasteiger partial charge in [-0.15, -0.1) is 0 Å². The summed E-state index contributed by atoms with van der Waals surface area (Å²) in [5.41, 5.74) is 10.3. The smallest absolute Gasteiger partial charge is 0.286 e. The average molecular weight is 296 g/mol. The molecule has 0 amide bonds. The van der Waals surface area contributed by atoms with E-state index in [1.165, 1.54) is 17.8 Å². The lowest BCUT2D eigenvalue weighted by atomic mass is 10.1. The molecule has 22 heavy (non-hydrogen) atoms. The highest BCUT2D eigenvalue weighted by molar-refractivity contribution is 5.67. The molecule has 2 N–H and O–H groups in total. The van der Waals surface area contributed by atoms with Crippen LogP contribution in [0.25, 0.3) is 16.9 Å². The van der Waals surface area contributed by atoms with Crippen LogP contribution in [-0.2, 0) is 6.42 Å². The molecular weight excluding hydrogens is 280 g/mol. The number of hydrogen-bond donors (Lipinski definition) is 1. The zero-order chi connectivity index (χ0) is 15.7. The summed E-state index contributed by atoms with van der Waals surface area (Å²) in [5, 5.41) is 11.0. The van der Waals surface area contributed by atoms with Crippen LogP contribution in [-0.4, -0.2) is 20.9 Å². The summed E-state index contributed by atoms with van der Waals surface area (Å²) in [6, 6.07) is 11.2. The van der Waals surface area contributed by atoms with Gasteiger partial charge in [-0.1, -0.05) is 29.8 Å². The van der Waals surface area contributed by atoms with Crippen LogP contribution in [0, 0.1) is 17.0 Å². The van der Waals surface area contributed by atoms with Gasteiger partial charge in [0.05, 0.1) is 22.5 Å². The highest BCUT2D eigenvalue weighted by atomic mass is 16.6. The summed E-state index contributed by atoms with van der Waals surface area (Å²) in [6.07, 6.45) is 2.11. The minimum Gasteiger partial charge on any atom is -0.330 e. The Hall–Kier alpha value is -2.73. The second-order valence-electron chi connectivity index (χ2n) is 5.18. The Bertz CT molecular complexity index is 837. The van der Waals surface area contributed by atoms with Crippen molar-refractivity contribution in [3.63, 3.8) is 0 Å². The van der Waals surface area contributed by atoms with Crippen molar-refractivity contribution in [3.05, 3.63) is 64.0 Å². The molecule has 3 aromatic rings. The van der Waals surface area contributed by atoms with Crippen molar-refractivity contribution in [3.8, 4) is 11.3 Å². The Morgan fingerprint density at radius 2 is 1.95 bits per heavy atom. The van der Waals surface area contributed by atoms with Gasteiger partial charge in [-0.25, -0.2) is 4.98 Å². The van der Waals surface area contributed by atoms with Crippen molar-refractivity contribution < 1.29 is 4.92 Å². The predicted octanol–water partition coefficient (Wildman–Crippen LogP) is 2.72. The van der Waals surface area contributed by atoms with E-state index in [1.807, 2.05) is 31.2 Å². The fraction of sp³-hybridized carbons (Fsp3) is 0.188. The molecule has 1 aromatic carbocycles. The van der Waals surface area contributed by atoms with Gasteiger partial charge in [0.1, 0.15) is 5.65 Å². The molecule has 0 unspecified atom stereocenters. The lowest BCUT2D eigenvalue weighted by Gasteiger charge is -2.04. The van der Waals surface area contributed by atoms with Crippen molar-refractivity contribution in [1.29, 1.82) is 0 Å². The van der Waals surface area contributed by atoms with Crippen LogP contribution in [0.3, 0.4) is 0 Å². The topological polar surface area (TPSA) is 86.5 Å². The summed E-state index contributed by atoms with van der Waals surface area (Å²) >= 11 is 0. The maximum absolute atomic E-state index is 11.0. The zero-order valence-electron chi connectivity index (χ0n) is 12.2. The maximum Gasteiger partial charge on any atom is 0.286 e. The SMILES string of the molecule is Cc1ccc(-c2nc3ccc([N+](=O)[O-])cn3c2CCN)cc1. The van der Waals surface area contributed by atoms with E-state index in [1.54, 1.807) is 10.5 Å². The van der Waals surface area contributed by atoms with E-state index in [0.717, 1.165) is 17.0 Å². The molecule has 3 rings (SSSR count). The largest absolute Gasteiger partial charge is 0.330 e. The number of pyridine rings is 1. The Morgan fingerprint density at radius 1 is 1.23 bits per heavy atom. The van der Waals surface area contributed by atoms with E-state index in [4.69, 9.17) is 5.73 Å². The average Bonchev–Trinajstić information content (AvgIpc) is 2.86. The van der Waals surface area contributed by atoms with Crippen LogP contribution < -0.4 is 5.73 Å². The fourth-order valence-electron chi connectivity index (χ4n) is 2.51. The molecule has 0 aliphatic rings. The van der Waals surface area contributed by atoms with Gasteiger partial charge in [0.2, 0.25) is 0 Å². The van der Waals surface area contributed by atoms with Gasteiger partial charge in [-0.05, 0) is 19.5 Å². The minimum atomic E-state index is -0.406. The first kappa shape index (κ1) is 14.2.